The van der Waals surface area contributed by atoms with E-state index in [4.69, 9.17) is 4.74 Å². The molecule has 1 nitrogen and oxygen atoms in total. The average Bonchev–Trinajstić information content (AvgIpc) is 2.28. The summed E-state index contributed by atoms with van der Waals surface area (Å²) in [6, 6.07) is 4.20. The molecule has 0 bridgehead atoms. The van der Waals surface area contributed by atoms with Crippen LogP contribution in [0.2, 0.25) is 0 Å². The van der Waals surface area contributed by atoms with Gasteiger partial charge in [-0.3, -0.25) is 0 Å². The highest BCUT2D eigenvalue weighted by Gasteiger charge is 2.02. The van der Waals surface area contributed by atoms with E-state index >= 15 is 0 Å². The maximum absolute atomic E-state index is 5.78. The molecule has 0 atom stereocenters. The topological polar surface area (TPSA) is 9.23 Å². The molecule has 0 aromatic heterocycles. The van der Waals surface area contributed by atoms with Crippen molar-refractivity contribution in [3.8, 4) is 5.75 Å². The predicted octanol–water partition coefficient (Wildman–Crippen LogP) is 4.91. The number of hydrogen-bond donors (Lipinski definition) is 0. The van der Waals surface area contributed by atoms with Crippen molar-refractivity contribution in [2.75, 3.05) is 6.61 Å². The first kappa shape index (κ1) is 13.8. The van der Waals surface area contributed by atoms with E-state index in [2.05, 4.69) is 39.5 Å². The molecular formula is C16H24O. The summed E-state index contributed by atoms with van der Waals surface area (Å²) in [4.78, 5) is 0. The minimum Gasteiger partial charge on any atom is -0.494 e. The molecular weight excluding hydrogens is 208 g/mol. The van der Waals surface area contributed by atoms with Crippen LogP contribution in [0.15, 0.2) is 18.7 Å². The Hall–Kier alpha value is -1.24. The molecule has 0 radical (unpaired) electrons. The van der Waals surface area contributed by atoms with Crippen LogP contribution in [0, 0.1) is 13.8 Å². The van der Waals surface area contributed by atoms with Gasteiger partial charge in [0.1, 0.15) is 5.75 Å². The smallest absolute Gasteiger partial charge is 0.119 e. The molecule has 0 heterocycles. The summed E-state index contributed by atoms with van der Waals surface area (Å²) in [6.07, 6.45) is 6.90. The molecule has 94 valence electrons. The van der Waals surface area contributed by atoms with Crippen molar-refractivity contribution in [2.45, 2.75) is 46.5 Å². The zero-order valence-corrected chi connectivity index (χ0v) is 11.4. The van der Waals surface area contributed by atoms with Crippen molar-refractivity contribution in [1.29, 1.82) is 0 Å². The lowest BCUT2D eigenvalue weighted by molar-refractivity contribution is 0.304. The second-order valence-corrected chi connectivity index (χ2v) is 4.58. The number of unbranched alkanes of at least 4 members (excludes halogenated alkanes) is 3. The molecule has 0 aliphatic heterocycles. The van der Waals surface area contributed by atoms with Crippen LogP contribution in [0.5, 0.6) is 5.75 Å². The summed E-state index contributed by atoms with van der Waals surface area (Å²) in [6.45, 7) is 11.1. The predicted molar refractivity (Wildman–Crippen MR) is 75.6 cm³/mol. The Labute approximate surface area is 106 Å². The van der Waals surface area contributed by atoms with E-state index in [9.17, 15) is 0 Å². The Morgan fingerprint density at radius 3 is 2.29 bits per heavy atom. The number of rotatable bonds is 7. The summed E-state index contributed by atoms with van der Waals surface area (Å²) in [5, 5.41) is 0. The Kier molecular flexibility index (Phi) is 5.82. The van der Waals surface area contributed by atoms with E-state index in [0.717, 1.165) is 18.8 Å². The molecule has 0 saturated heterocycles. The molecule has 17 heavy (non-hydrogen) atoms. The first-order valence-electron chi connectivity index (χ1n) is 6.55. The highest BCUT2D eigenvalue weighted by atomic mass is 16.5. The van der Waals surface area contributed by atoms with E-state index in [0.29, 0.717) is 0 Å². The van der Waals surface area contributed by atoms with E-state index in [-0.39, 0.29) is 0 Å². The summed E-state index contributed by atoms with van der Waals surface area (Å²) >= 11 is 0. The molecule has 1 heteroatoms. The van der Waals surface area contributed by atoms with Gasteiger partial charge in [-0.15, -0.1) is 0 Å². The number of aryl methyl sites for hydroxylation is 2. The van der Waals surface area contributed by atoms with Crippen molar-refractivity contribution < 1.29 is 4.74 Å². The van der Waals surface area contributed by atoms with Crippen molar-refractivity contribution in [3.05, 3.63) is 35.4 Å². The van der Waals surface area contributed by atoms with Gasteiger partial charge in [-0.25, -0.2) is 0 Å². The third-order valence-electron chi connectivity index (χ3n) is 3.04. The molecule has 0 N–H and O–H groups in total. The molecule has 0 fully saturated rings. The molecule has 0 spiro atoms. The van der Waals surface area contributed by atoms with E-state index in [1.165, 1.54) is 36.0 Å². The standard InChI is InChI=1S/C16H24O/c1-5-7-8-9-10-17-15-11-13(3)16(6-2)14(4)12-15/h6,11-12H,2,5,7-10H2,1,3-4H3. The van der Waals surface area contributed by atoms with Crippen LogP contribution in [0.25, 0.3) is 6.08 Å². The molecule has 0 aliphatic carbocycles. The Morgan fingerprint density at radius 2 is 1.76 bits per heavy atom. The molecule has 1 rings (SSSR count). The van der Waals surface area contributed by atoms with E-state index < -0.39 is 0 Å². The SMILES string of the molecule is C=Cc1c(C)cc(OCCCCCC)cc1C. The largest absolute Gasteiger partial charge is 0.494 e. The maximum Gasteiger partial charge on any atom is 0.119 e. The quantitative estimate of drug-likeness (QED) is 0.607. The van der Waals surface area contributed by atoms with Gasteiger partial charge in [0.05, 0.1) is 6.61 Å². The molecule has 0 saturated carbocycles. The molecule has 0 amide bonds. The van der Waals surface area contributed by atoms with Crippen LogP contribution >= 0.6 is 0 Å². The summed E-state index contributed by atoms with van der Waals surface area (Å²) in [5.74, 6) is 0.988. The number of benzene rings is 1. The molecule has 0 aliphatic rings. The fourth-order valence-corrected chi connectivity index (χ4v) is 2.06. The van der Waals surface area contributed by atoms with Gasteiger partial charge in [-0.1, -0.05) is 38.8 Å². The van der Waals surface area contributed by atoms with Crippen molar-refractivity contribution >= 4 is 6.08 Å². The lowest BCUT2D eigenvalue weighted by Crippen LogP contribution is -1.99. The molecule has 1 aromatic carbocycles. The van der Waals surface area contributed by atoms with Crippen LogP contribution in [-0.4, -0.2) is 6.61 Å². The van der Waals surface area contributed by atoms with Gasteiger partial charge in [0, 0.05) is 0 Å². The van der Waals surface area contributed by atoms with E-state index in [1.54, 1.807) is 0 Å². The monoisotopic (exact) mass is 232 g/mol. The lowest BCUT2D eigenvalue weighted by Gasteiger charge is -2.11. The second kappa shape index (κ2) is 7.16. The maximum atomic E-state index is 5.78. The van der Waals surface area contributed by atoms with Crippen molar-refractivity contribution in [2.24, 2.45) is 0 Å². The lowest BCUT2D eigenvalue weighted by atomic mass is 10.0. The fourth-order valence-electron chi connectivity index (χ4n) is 2.06. The van der Waals surface area contributed by atoms with Gasteiger partial charge in [0.25, 0.3) is 0 Å². The van der Waals surface area contributed by atoms with Crippen LogP contribution in [0.1, 0.15) is 49.3 Å². The summed E-state index contributed by atoms with van der Waals surface area (Å²) in [5.41, 5.74) is 3.70. The van der Waals surface area contributed by atoms with Gasteiger partial charge in [-0.2, -0.15) is 0 Å². The summed E-state index contributed by atoms with van der Waals surface area (Å²) in [7, 11) is 0. The van der Waals surface area contributed by atoms with Crippen LogP contribution < -0.4 is 4.74 Å². The summed E-state index contributed by atoms with van der Waals surface area (Å²) < 4.78 is 5.78. The zero-order chi connectivity index (χ0) is 12.7. The zero-order valence-electron chi connectivity index (χ0n) is 11.4. The van der Waals surface area contributed by atoms with E-state index in [1.807, 2.05) is 6.08 Å². The Balaban J connectivity index is 2.52. The average molecular weight is 232 g/mol. The van der Waals surface area contributed by atoms with Crippen LogP contribution in [0.4, 0.5) is 0 Å². The number of hydrogen-bond acceptors (Lipinski definition) is 1. The minimum absolute atomic E-state index is 0.826. The molecule has 0 unspecified atom stereocenters. The van der Waals surface area contributed by atoms with Gasteiger partial charge in [0.2, 0.25) is 0 Å². The third-order valence-corrected chi connectivity index (χ3v) is 3.04. The third kappa shape index (κ3) is 4.26. The fraction of sp³-hybridized carbons (Fsp3) is 0.500. The first-order chi connectivity index (χ1) is 8.19. The van der Waals surface area contributed by atoms with Crippen molar-refractivity contribution in [3.63, 3.8) is 0 Å². The highest BCUT2D eigenvalue weighted by molar-refractivity contribution is 5.58. The normalized spacial score (nSPS) is 10.3. The van der Waals surface area contributed by atoms with Gasteiger partial charge < -0.3 is 4.74 Å². The highest BCUT2D eigenvalue weighted by Crippen LogP contribution is 2.22. The van der Waals surface area contributed by atoms with Crippen molar-refractivity contribution in [1.82, 2.24) is 0 Å². The van der Waals surface area contributed by atoms with Gasteiger partial charge >= 0.3 is 0 Å². The molecule has 1 aromatic rings. The van der Waals surface area contributed by atoms with Gasteiger partial charge in [-0.05, 0) is 49.1 Å². The number of ether oxygens (including phenoxy) is 1. The minimum atomic E-state index is 0.826. The van der Waals surface area contributed by atoms with Crippen LogP contribution in [-0.2, 0) is 0 Å². The first-order valence-corrected chi connectivity index (χ1v) is 6.55. The van der Waals surface area contributed by atoms with Gasteiger partial charge in [0.15, 0.2) is 0 Å². The Bertz CT molecular complexity index is 343. The Morgan fingerprint density at radius 1 is 1.12 bits per heavy atom. The van der Waals surface area contributed by atoms with Crippen LogP contribution in [0.3, 0.4) is 0 Å². The second-order valence-electron chi connectivity index (χ2n) is 4.58.